The van der Waals surface area contributed by atoms with Crippen molar-refractivity contribution in [3.8, 4) is 0 Å². The third-order valence-electron chi connectivity index (χ3n) is 5.30. The summed E-state index contributed by atoms with van der Waals surface area (Å²) in [6, 6.07) is 15.1. The van der Waals surface area contributed by atoms with E-state index in [-0.39, 0.29) is 24.0 Å². The lowest BCUT2D eigenvalue weighted by Gasteiger charge is -2.23. The Kier molecular flexibility index (Phi) is 7.85. The van der Waals surface area contributed by atoms with Crippen molar-refractivity contribution in [2.24, 2.45) is 0 Å². The lowest BCUT2D eigenvalue weighted by atomic mass is 10.1. The second kappa shape index (κ2) is 10.6. The van der Waals surface area contributed by atoms with Gasteiger partial charge in [0.2, 0.25) is 5.91 Å². The number of nitrogens with zero attached hydrogens (tertiary/aromatic N) is 1. The zero-order valence-electron chi connectivity index (χ0n) is 17.4. The van der Waals surface area contributed by atoms with Crippen LogP contribution in [-0.4, -0.2) is 49.1 Å². The fourth-order valence-electron chi connectivity index (χ4n) is 3.80. The highest BCUT2D eigenvalue weighted by Gasteiger charge is 2.36. The van der Waals surface area contributed by atoms with Crippen LogP contribution in [0.3, 0.4) is 0 Å². The third-order valence-corrected chi connectivity index (χ3v) is 5.54. The predicted molar refractivity (Wildman–Crippen MR) is 117 cm³/mol. The van der Waals surface area contributed by atoms with Gasteiger partial charge in [-0.1, -0.05) is 35.9 Å². The molecular formula is C23H28ClN3O3. The predicted octanol–water partition coefficient (Wildman–Crippen LogP) is 3.00. The fraction of sp³-hybridized carbons (Fsp3) is 0.391. The first-order chi connectivity index (χ1) is 14.5. The van der Waals surface area contributed by atoms with Gasteiger partial charge in [0.1, 0.15) is 0 Å². The number of ether oxygens (including phenoxy) is 1. The van der Waals surface area contributed by atoms with Crippen LogP contribution in [0.15, 0.2) is 48.5 Å². The fourth-order valence-corrected chi connectivity index (χ4v) is 4.01. The number of carbonyl (C=O) groups excluding carboxylic acids is 2. The van der Waals surface area contributed by atoms with Crippen LogP contribution in [-0.2, 0) is 22.6 Å². The van der Waals surface area contributed by atoms with Crippen molar-refractivity contribution < 1.29 is 14.3 Å². The Morgan fingerprint density at radius 3 is 2.60 bits per heavy atom. The van der Waals surface area contributed by atoms with Crippen molar-refractivity contribution in [3.05, 3.63) is 70.2 Å². The van der Waals surface area contributed by atoms with Gasteiger partial charge in [0.05, 0.1) is 18.7 Å². The molecule has 6 nitrogen and oxygen atoms in total. The van der Waals surface area contributed by atoms with Crippen molar-refractivity contribution >= 4 is 23.5 Å². The second-order valence-corrected chi connectivity index (χ2v) is 7.91. The molecule has 0 radical (unpaired) electrons. The zero-order valence-corrected chi connectivity index (χ0v) is 18.1. The van der Waals surface area contributed by atoms with Gasteiger partial charge in [0.25, 0.3) is 0 Å². The van der Waals surface area contributed by atoms with Crippen LogP contribution in [0.2, 0.25) is 5.02 Å². The molecule has 0 saturated carbocycles. The topological polar surface area (TPSA) is 70.7 Å². The van der Waals surface area contributed by atoms with Crippen molar-refractivity contribution in [1.29, 1.82) is 0 Å². The van der Waals surface area contributed by atoms with Gasteiger partial charge in [0.15, 0.2) is 0 Å². The average molecular weight is 430 g/mol. The number of hydrogen-bond acceptors (Lipinski definition) is 5. The third kappa shape index (κ3) is 5.81. The highest BCUT2D eigenvalue weighted by Crippen LogP contribution is 2.23. The molecule has 7 heteroatoms. The maximum Gasteiger partial charge on any atom is 0.337 e. The lowest BCUT2D eigenvalue weighted by molar-refractivity contribution is -0.125. The molecule has 0 spiro atoms. The summed E-state index contributed by atoms with van der Waals surface area (Å²) in [6.45, 7) is 4.66. The van der Waals surface area contributed by atoms with E-state index < -0.39 is 0 Å². The Labute approximate surface area is 182 Å². The standard InChI is InChI=1S/C23H28ClN3O3/c1-3-25-22(28)21-12-20(15-27(21)14-17-5-4-6-19(24)11-17)26-13-16-7-9-18(10-8-16)23(29)30-2/h4-11,20-21,26H,3,12-15H2,1-2H3,(H,25,28)/t20-,21+/m1/s1. The minimum absolute atomic E-state index is 0.0614. The quantitative estimate of drug-likeness (QED) is 0.631. The van der Waals surface area contributed by atoms with E-state index in [9.17, 15) is 9.59 Å². The molecule has 1 saturated heterocycles. The van der Waals surface area contributed by atoms with Crippen LogP contribution < -0.4 is 10.6 Å². The van der Waals surface area contributed by atoms with Crippen molar-refractivity contribution in [3.63, 3.8) is 0 Å². The number of amides is 1. The van der Waals surface area contributed by atoms with Gasteiger partial charge in [-0.05, 0) is 48.7 Å². The molecule has 0 aliphatic carbocycles. The van der Waals surface area contributed by atoms with Crippen LogP contribution in [0.4, 0.5) is 0 Å². The van der Waals surface area contributed by atoms with Gasteiger partial charge in [0, 0.05) is 37.2 Å². The molecule has 2 atom stereocenters. The van der Waals surface area contributed by atoms with Gasteiger partial charge in [-0.25, -0.2) is 4.79 Å². The molecule has 1 amide bonds. The first-order valence-corrected chi connectivity index (χ1v) is 10.5. The Balaban J connectivity index is 1.62. The average Bonchev–Trinajstić information content (AvgIpc) is 3.15. The molecular weight excluding hydrogens is 402 g/mol. The van der Waals surface area contributed by atoms with E-state index >= 15 is 0 Å². The number of methoxy groups -OCH3 is 1. The lowest BCUT2D eigenvalue weighted by Crippen LogP contribution is -2.42. The van der Waals surface area contributed by atoms with E-state index in [1.807, 2.05) is 43.3 Å². The van der Waals surface area contributed by atoms with Crippen LogP contribution in [0, 0.1) is 0 Å². The van der Waals surface area contributed by atoms with Crippen LogP contribution in [0.1, 0.15) is 34.8 Å². The van der Waals surface area contributed by atoms with Crippen molar-refractivity contribution in [2.75, 3.05) is 20.2 Å². The smallest absolute Gasteiger partial charge is 0.337 e. The summed E-state index contributed by atoms with van der Waals surface area (Å²) in [5, 5.41) is 7.20. The Morgan fingerprint density at radius 1 is 1.17 bits per heavy atom. The van der Waals surface area contributed by atoms with Crippen LogP contribution in [0.25, 0.3) is 0 Å². The minimum atomic E-state index is -0.341. The monoisotopic (exact) mass is 429 g/mol. The molecule has 1 aliphatic rings. The molecule has 2 aromatic carbocycles. The van der Waals surface area contributed by atoms with Crippen LogP contribution in [0.5, 0.6) is 0 Å². The highest BCUT2D eigenvalue weighted by molar-refractivity contribution is 6.30. The largest absolute Gasteiger partial charge is 0.465 e. The van der Waals surface area contributed by atoms with E-state index in [0.717, 1.165) is 24.1 Å². The van der Waals surface area contributed by atoms with E-state index in [1.165, 1.54) is 7.11 Å². The van der Waals surface area contributed by atoms with Gasteiger partial charge in [-0.2, -0.15) is 0 Å². The summed E-state index contributed by atoms with van der Waals surface area (Å²) >= 11 is 6.13. The molecule has 1 fully saturated rings. The molecule has 1 aliphatic heterocycles. The van der Waals surface area contributed by atoms with Gasteiger partial charge in [-0.3, -0.25) is 9.69 Å². The van der Waals surface area contributed by atoms with Crippen molar-refractivity contribution in [1.82, 2.24) is 15.5 Å². The van der Waals surface area contributed by atoms with Gasteiger partial charge < -0.3 is 15.4 Å². The summed E-state index contributed by atoms with van der Waals surface area (Å²) in [4.78, 5) is 26.4. The number of benzene rings is 2. The molecule has 30 heavy (non-hydrogen) atoms. The number of likely N-dealkylation sites (tertiary alicyclic amines) is 1. The molecule has 0 unspecified atom stereocenters. The SMILES string of the molecule is CCNC(=O)[C@@H]1C[C@@H](NCc2ccc(C(=O)OC)cc2)CN1Cc1cccc(Cl)c1. The minimum Gasteiger partial charge on any atom is -0.465 e. The van der Waals surface area contributed by atoms with E-state index in [4.69, 9.17) is 16.3 Å². The molecule has 0 aromatic heterocycles. The number of esters is 1. The van der Waals surface area contributed by atoms with E-state index in [2.05, 4.69) is 15.5 Å². The van der Waals surface area contributed by atoms with Crippen LogP contribution >= 0.6 is 11.6 Å². The summed E-state index contributed by atoms with van der Waals surface area (Å²) in [7, 11) is 1.37. The number of carbonyl (C=O) groups is 2. The molecule has 160 valence electrons. The van der Waals surface area contributed by atoms with E-state index in [0.29, 0.717) is 30.2 Å². The summed E-state index contributed by atoms with van der Waals surface area (Å²) in [5.74, 6) is -0.280. The number of hydrogen-bond donors (Lipinski definition) is 2. The summed E-state index contributed by atoms with van der Waals surface area (Å²) < 4.78 is 4.73. The summed E-state index contributed by atoms with van der Waals surface area (Å²) in [6.07, 6.45) is 0.743. The number of nitrogens with one attached hydrogen (secondary N) is 2. The molecule has 2 N–H and O–H groups in total. The summed E-state index contributed by atoms with van der Waals surface area (Å²) in [5.41, 5.74) is 2.70. The second-order valence-electron chi connectivity index (χ2n) is 7.47. The number of rotatable bonds is 8. The first-order valence-electron chi connectivity index (χ1n) is 10.2. The maximum atomic E-state index is 12.6. The first kappa shape index (κ1) is 22.3. The Hall–Kier alpha value is -2.41. The molecule has 1 heterocycles. The molecule has 2 aromatic rings. The van der Waals surface area contributed by atoms with Crippen molar-refractivity contribution in [2.45, 2.75) is 38.5 Å². The zero-order chi connectivity index (χ0) is 21.5. The Bertz CT molecular complexity index is 872. The highest BCUT2D eigenvalue weighted by atomic mass is 35.5. The maximum absolute atomic E-state index is 12.6. The van der Waals surface area contributed by atoms with Gasteiger partial charge >= 0.3 is 5.97 Å². The molecule has 3 rings (SSSR count). The Morgan fingerprint density at radius 2 is 1.93 bits per heavy atom. The van der Waals surface area contributed by atoms with E-state index in [1.54, 1.807) is 12.1 Å². The normalized spacial score (nSPS) is 18.9. The number of halogens is 1. The van der Waals surface area contributed by atoms with Gasteiger partial charge in [-0.15, -0.1) is 0 Å². The molecule has 0 bridgehead atoms. The number of likely N-dealkylation sites (N-methyl/N-ethyl adjacent to an activating group) is 1.